The molecular weight excluding hydrogens is 343 g/mol. The molecule has 0 saturated carbocycles. The first-order chi connectivity index (χ1) is 9.99. The van der Waals surface area contributed by atoms with E-state index in [2.05, 4.69) is 21.2 Å². The van der Waals surface area contributed by atoms with E-state index in [0.29, 0.717) is 23.0 Å². The van der Waals surface area contributed by atoms with Crippen molar-refractivity contribution in [3.8, 4) is 0 Å². The molecule has 0 fully saturated rings. The van der Waals surface area contributed by atoms with Crippen molar-refractivity contribution in [3.05, 3.63) is 69.4 Å². The highest BCUT2D eigenvalue weighted by atomic mass is 79.9. The summed E-state index contributed by atoms with van der Waals surface area (Å²) in [6.45, 7) is 2.63. The molecule has 2 aromatic carbocycles. The maximum Gasteiger partial charge on any atom is 0.126 e. The fraction of sp³-hybridized carbons (Fsp3) is 0.250. The Bertz CT molecular complexity index is 611. The molecule has 0 amide bonds. The van der Waals surface area contributed by atoms with Crippen molar-refractivity contribution in [1.29, 1.82) is 0 Å². The van der Waals surface area contributed by atoms with E-state index >= 15 is 0 Å². The smallest absolute Gasteiger partial charge is 0.126 e. The molecule has 0 aliphatic heterocycles. The van der Waals surface area contributed by atoms with Crippen LogP contribution in [0.2, 0.25) is 0 Å². The summed E-state index contributed by atoms with van der Waals surface area (Å²) in [4.78, 5) is 0. The first kappa shape index (κ1) is 16.0. The quantitative estimate of drug-likeness (QED) is 0.813. The monoisotopic (exact) mass is 357 g/mol. The summed E-state index contributed by atoms with van der Waals surface area (Å²) in [6, 6.07) is 7.73. The molecule has 0 radical (unpaired) electrons. The van der Waals surface area contributed by atoms with Crippen LogP contribution in [0.1, 0.15) is 24.1 Å². The van der Waals surface area contributed by atoms with Gasteiger partial charge in [-0.3, -0.25) is 0 Å². The number of hydrogen-bond acceptors (Lipinski definition) is 1. The van der Waals surface area contributed by atoms with Gasteiger partial charge in [0.05, 0.1) is 0 Å². The SMILES string of the molecule is CCNC(Cc1cc(F)cc(F)c1)c1ccc(F)cc1Br. The molecule has 2 rings (SSSR count). The molecule has 0 aliphatic rings. The standard InChI is InChI=1S/C16H15BrF3N/c1-2-21-16(14-4-3-11(18)9-15(14)17)7-10-5-12(19)8-13(20)6-10/h3-6,8-9,16,21H,2,7H2,1H3. The summed E-state index contributed by atoms with van der Waals surface area (Å²) in [6.07, 6.45) is 0.409. The fourth-order valence-electron chi connectivity index (χ4n) is 2.29. The van der Waals surface area contributed by atoms with Crippen molar-refractivity contribution in [2.75, 3.05) is 6.54 Å². The highest BCUT2D eigenvalue weighted by molar-refractivity contribution is 9.10. The minimum atomic E-state index is -0.599. The lowest BCUT2D eigenvalue weighted by molar-refractivity contribution is 0.535. The molecule has 0 aliphatic carbocycles. The predicted octanol–water partition coefficient (Wildman–Crippen LogP) is 4.76. The molecular formula is C16H15BrF3N. The van der Waals surface area contributed by atoms with Crippen LogP contribution in [-0.4, -0.2) is 6.54 Å². The third kappa shape index (κ3) is 4.32. The number of benzene rings is 2. The summed E-state index contributed by atoms with van der Waals surface area (Å²) in [5.41, 5.74) is 1.40. The molecule has 2 aromatic rings. The van der Waals surface area contributed by atoms with E-state index in [-0.39, 0.29) is 11.9 Å². The number of likely N-dealkylation sites (N-methyl/N-ethyl adjacent to an activating group) is 1. The molecule has 5 heteroatoms. The van der Waals surface area contributed by atoms with Gasteiger partial charge in [-0.25, -0.2) is 13.2 Å². The predicted molar refractivity (Wildman–Crippen MR) is 80.6 cm³/mol. The molecule has 1 N–H and O–H groups in total. The van der Waals surface area contributed by atoms with Gasteiger partial charge in [0.1, 0.15) is 17.5 Å². The first-order valence-corrected chi connectivity index (χ1v) is 7.42. The fourth-order valence-corrected chi connectivity index (χ4v) is 2.91. The minimum Gasteiger partial charge on any atom is -0.310 e. The zero-order valence-electron chi connectivity index (χ0n) is 11.5. The first-order valence-electron chi connectivity index (χ1n) is 6.63. The molecule has 1 nitrogen and oxygen atoms in total. The van der Waals surface area contributed by atoms with Crippen LogP contribution < -0.4 is 5.32 Å². The van der Waals surface area contributed by atoms with Gasteiger partial charge >= 0.3 is 0 Å². The average Bonchev–Trinajstić information content (AvgIpc) is 2.37. The van der Waals surface area contributed by atoms with Crippen LogP contribution in [0.3, 0.4) is 0 Å². The van der Waals surface area contributed by atoms with Gasteiger partial charge in [-0.05, 0) is 48.4 Å². The number of hydrogen-bond donors (Lipinski definition) is 1. The van der Waals surface area contributed by atoms with E-state index in [1.54, 1.807) is 6.07 Å². The summed E-state index contributed by atoms with van der Waals surface area (Å²) in [5, 5.41) is 3.25. The lowest BCUT2D eigenvalue weighted by Crippen LogP contribution is -2.23. The number of rotatable bonds is 5. The Kier molecular flexibility index (Phi) is 5.42. The van der Waals surface area contributed by atoms with Crippen molar-refractivity contribution in [3.63, 3.8) is 0 Å². The molecule has 0 bridgehead atoms. The Morgan fingerprint density at radius 1 is 1.00 bits per heavy atom. The molecule has 21 heavy (non-hydrogen) atoms. The Morgan fingerprint density at radius 2 is 1.67 bits per heavy atom. The topological polar surface area (TPSA) is 12.0 Å². The third-order valence-corrected chi connectivity index (χ3v) is 3.84. The molecule has 1 unspecified atom stereocenters. The number of nitrogens with one attached hydrogen (secondary N) is 1. The van der Waals surface area contributed by atoms with E-state index in [9.17, 15) is 13.2 Å². The maximum atomic E-state index is 13.3. The maximum absolute atomic E-state index is 13.3. The van der Waals surface area contributed by atoms with Crippen molar-refractivity contribution in [1.82, 2.24) is 5.32 Å². The van der Waals surface area contributed by atoms with Crippen molar-refractivity contribution in [2.45, 2.75) is 19.4 Å². The summed E-state index contributed by atoms with van der Waals surface area (Å²) >= 11 is 3.33. The number of halogens is 4. The van der Waals surface area contributed by atoms with Crippen LogP contribution in [0, 0.1) is 17.5 Å². The second-order valence-corrected chi connectivity index (χ2v) is 5.61. The van der Waals surface area contributed by atoms with Crippen LogP contribution in [0.5, 0.6) is 0 Å². The molecule has 0 heterocycles. The highest BCUT2D eigenvalue weighted by Gasteiger charge is 2.15. The van der Waals surface area contributed by atoms with E-state index in [1.165, 1.54) is 24.3 Å². The average molecular weight is 358 g/mol. The lowest BCUT2D eigenvalue weighted by atomic mass is 9.98. The normalized spacial score (nSPS) is 12.4. The highest BCUT2D eigenvalue weighted by Crippen LogP contribution is 2.27. The molecule has 0 saturated heterocycles. The molecule has 1 atom stereocenters. The van der Waals surface area contributed by atoms with Crippen LogP contribution >= 0.6 is 15.9 Å². The van der Waals surface area contributed by atoms with E-state index in [4.69, 9.17) is 0 Å². The Hall–Kier alpha value is -1.33. The Labute approximate surface area is 130 Å². The van der Waals surface area contributed by atoms with Crippen LogP contribution in [-0.2, 0) is 6.42 Å². The van der Waals surface area contributed by atoms with Gasteiger partial charge in [0, 0.05) is 16.6 Å². The Morgan fingerprint density at radius 3 is 2.24 bits per heavy atom. The van der Waals surface area contributed by atoms with E-state index < -0.39 is 11.6 Å². The zero-order chi connectivity index (χ0) is 15.4. The van der Waals surface area contributed by atoms with Gasteiger partial charge in [-0.2, -0.15) is 0 Å². The minimum absolute atomic E-state index is 0.161. The molecule has 0 aromatic heterocycles. The summed E-state index contributed by atoms with van der Waals surface area (Å²) in [7, 11) is 0. The van der Waals surface area contributed by atoms with Gasteiger partial charge in [-0.15, -0.1) is 0 Å². The van der Waals surface area contributed by atoms with E-state index in [0.717, 1.165) is 11.6 Å². The largest absolute Gasteiger partial charge is 0.310 e. The summed E-state index contributed by atoms with van der Waals surface area (Å²) in [5.74, 6) is -1.53. The van der Waals surface area contributed by atoms with Gasteiger partial charge in [-0.1, -0.05) is 28.9 Å². The second-order valence-electron chi connectivity index (χ2n) is 4.76. The zero-order valence-corrected chi connectivity index (χ0v) is 13.1. The second kappa shape index (κ2) is 7.09. The molecule has 112 valence electrons. The van der Waals surface area contributed by atoms with Gasteiger partial charge < -0.3 is 5.32 Å². The third-order valence-electron chi connectivity index (χ3n) is 3.15. The van der Waals surface area contributed by atoms with Crippen LogP contribution in [0.4, 0.5) is 13.2 Å². The van der Waals surface area contributed by atoms with Gasteiger partial charge in [0.25, 0.3) is 0 Å². The van der Waals surface area contributed by atoms with Gasteiger partial charge in [0.2, 0.25) is 0 Å². The van der Waals surface area contributed by atoms with Gasteiger partial charge in [0.15, 0.2) is 0 Å². The van der Waals surface area contributed by atoms with Crippen molar-refractivity contribution >= 4 is 15.9 Å². The van der Waals surface area contributed by atoms with Crippen molar-refractivity contribution in [2.24, 2.45) is 0 Å². The lowest BCUT2D eigenvalue weighted by Gasteiger charge is -2.20. The van der Waals surface area contributed by atoms with Crippen LogP contribution in [0.15, 0.2) is 40.9 Å². The van der Waals surface area contributed by atoms with Crippen LogP contribution in [0.25, 0.3) is 0 Å². The molecule has 0 spiro atoms. The summed E-state index contributed by atoms with van der Waals surface area (Å²) < 4.78 is 40.4. The van der Waals surface area contributed by atoms with E-state index in [1.807, 2.05) is 6.92 Å². The Balaban J connectivity index is 2.30. The van der Waals surface area contributed by atoms with Crippen molar-refractivity contribution < 1.29 is 13.2 Å².